The van der Waals surface area contributed by atoms with Gasteiger partial charge in [0.15, 0.2) is 0 Å². The standard InChI is InChI=1S/C16H24N2O3/c1-11-7-9-16(20-2,10-8-11)15-17-14(21-18-15)12-5-3-4-6-13(12)19/h11-12H,3-10H2,1-2H3. The maximum absolute atomic E-state index is 12.0. The highest BCUT2D eigenvalue weighted by Gasteiger charge is 2.41. The topological polar surface area (TPSA) is 65.2 Å². The molecule has 5 heteroatoms. The molecule has 0 aliphatic heterocycles. The smallest absolute Gasteiger partial charge is 0.237 e. The van der Waals surface area contributed by atoms with E-state index in [4.69, 9.17) is 9.26 Å². The van der Waals surface area contributed by atoms with Crippen LogP contribution in [0.1, 0.15) is 75.9 Å². The summed E-state index contributed by atoms with van der Waals surface area (Å²) in [6.07, 6.45) is 7.56. The van der Waals surface area contributed by atoms with Crippen LogP contribution in [0.3, 0.4) is 0 Å². The molecule has 2 aliphatic rings. The van der Waals surface area contributed by atoms with E-state index < -0.39 is 5.60 Å². The third-order valence-corrected chi connectivity index (χ3v) is 5.17. The molecule has 0 amide bonds. The molecule has 0 bridgehead atoms. The maximum atomic E-state index is 12.0. The molecular weight excluding hydrogens is 268 g/mol. The van der Waals surface area contributed by atoms with Crippen LogP contribution in [-0.2, 0) is 15.1 Å². The number of nitrogens with zero attached hydrogens (tertiary/aromatic N) is 2. The van der Waals surface area contributed by atoms with Gasteiger partial charge in [0.25, 0.3) is 0 Å². The van der Waals surface area contributed by atoms with Gasteiger partial charge in [0, 0.05) is 13.5 Å². The Hall–Kier alpha value is -1.23. The van der Waals surface area contributed by atoms with E-state index in [0.29, 0.717) is 18.1 Å². The molecule has 1 atom stereocenters. The maximum Gasteiger partial charge on any atom is 0.237 e. The number of ketones is 1. The second kappa shape index (κ2) is 5.87. The molecule has 1 aromatic heterocycles. The second-order valence-corrected chi connectivity index (χ2v) is 6.60. The number of aromatic nitrogens is 2. The molecule has 2 saturated carbocycles. The number of methoxy groups -OCH3 is 1. The molecule has 0 N–H and O–H groups in total. The molecule has 1 unspecified atom stereocenters. The lowest BCUT2D eigenvalue weighted by Crippen LogP contribution is -2.34. The molecule has 21 heavy (non-hydrogen) atoms. The molecule has 1 heterocycles. The Morgan fingerprint density at radius 2 is 2.00 bits per heavy atom. The summed E-state index contributed by atoms with van der Waals surface area (Å²) in [6.45, 7) is 2.27. The van der Waals surface area contributed by atoms with E-state index in [1.165, 1.54) is 0 Å². The minimum atomic E-state index is -0.425. The van der Waals surface area contributed by atoms with Crippen molar-refractivity contribution in [2.75, 3.05) is 7.11 Å². The Morgan fingerprint density at radius 3 is 2.67 bits per heavy atom. The summed E-state index contributed by atoms with van der Waals surface area (Å²) in [5.74, 6) is 1.88. The first kappa shape index (κ1) is 14.7. The van der Waals surface area contributed by atoms with Crippen LogP contribution in [0.5, 0.6) is 0 Å². The normalized spacial score (nSPS) is 34.1. The van der Waals surface area contributed by atoms with Crippen molar-refractivity contribution in [2.45, 2.75) is 69.8 Å². The Labute approximate surface area is 125 Å². The largest absolute Gasteiger partial charge is 0.370 e. The van der Waals surface area contributed by atoms with Crippen molar-refractivity contribution in [1.29, 1.82) is 0 Å². The van der Waals surface area contributed by atoms with Crippen LogP contribution >= 0.6 is 0 Å². The van der Waals surface area contributed by atoms with Gasteiger partial charge in [0.05, 0.1) is 5.92 Å². The summed E-state index contributed by atoms with van der Waals surface area (Å²) < 4.78 is 11.2. The zero-order valence-electron chi connectivity index (χ0n) is 12.9. The average molecular weight is 292 g/mol. The van der Waals surface area contributed by atoms with E-state index in [1.54, 1.807) is 7.11 Å². The van der Waals surface area contributed by atoms with Crippen molar-refractivity contribution in [1.82, 2.24) is 10.1 Å². The lowest BCUT2D eigenvalue weighted by atomic mass is 9.79. The molecule has 116 valence electrons. The van der Waals surface area contributed by atoms with Gasteiger partial charge in [-0.15, -0.1) is 0 Å². The first-order chi connectivity index (χ1) is 10.1. The fourth-order valence-electron chi connectivity index (χ4n) is 3.55. The minimum Gasteiger partial charge on any atom is -0.370 e. The van der Waals surface area contributed by atoms with Gasteiger partial charge in [0.2, 0.25) is 11.7 Å². The third kappa shape index (κ3) is 2.76. The van der Waals surface area contributed by atoms with E-state index in [9.17, 15) is 4.79 Å². The Balaban J connectivity index is 1.81. The van der Waals surface area contributed by atoms with E-state index in [1.807, 2.05) is 0 Å². The van der Waals surface area contributed by atoms with Crippen molar-refractivity contribution < 1.29 is 14.1 Å². The number of carbonyl (C=O) groups excluding carboxylic acids is 1. The highest BCUT2D eigenvalue weighted by molar-refractivity contribution is 5.85. The predicted octanol–water partition coefficient (Wildman–Crippen LogP) is 3.35. The van der Waals surface area contributed by atoms with E-state index >= 15 is 0 Å². The molecule has 0 radical (unpaired) electrons. The number of hydrogen-bond donors (Lipinski definition) is 0. The summed E-state index contributed by atoms with van der Waals surface area (Å²) in [4.78, 5) is 16.6. The summed E-state index contributed by atoms with van der Waals surface area (Å²) in [6, 6.07) is 0. The highest BCUT2D eigenvalue weighted by Crippen LogP contribution is 2.41. The van der Waals surface area contributed by atoms with Gasteiger partial charge in [-0.2, -0.15) is 4.98 Å². The number of rotatable bonds is 3. The van der Waals surface area contributed by atoms with Gasteiger partial charge < -0.3 is 9.26 Å². The first-order valence-electron chi connectivity index (χ1n) is 8.06. The quantitative estimate of drug-likeness (QED) is 0.854. The molecule has 0 spiro atoms. The SMILES string of the molecule is COC1(c2noc(C3CCCCC3=O)n2)CCC(C)CC1. The van der Waals surface area contributed by atoms with Crippen molar-refractivity contribution in [3.8, 4) is 0 Å². The fourth-order valence-corrected chi connectivity index (χ4v) is 3.55. The van der Waals surface area contributed by atoms with Crippen LogP contribution in [0, 0.1) is 5.92 Å². The van der Waals surface area contributed by atoms with E-state index in [0.717, 1.165) is 50.9 Å². The first-order valence-corrected chi connectivity index (χ1v) is 8.06. The van der Waals surface area contributed by atoms with Crippen LogP contribution in [0.25, 0.3) is 0 Å². The molecular formula is C16H24N2O3. The molecule has 0 aromatic carbocycles. The summed E-state index contributed by atoms with van der Waals surface area (Å²) in [5.41, 5.74) is -0.425. The third-order valence-electron chi connectivity index (χ3n) is 5.17. The van der Waals surface area contributed by atoms with Gasteiger partial charge in [-0.25, -0.2) is 0 Å². The van der Waals surface area contributed by atoms with Crippen molar-refractivity contribution in [2.24, 2.45) is 5.92 Å². The van der Waals surface area contributed by atoms with Crippen LogP contribution in [0.15, 0.2) is 4.52 Å². The van der Waals surface area contributed by atoms with E-state index in [2.05, 4.69) is 17.1 Å². The molecule has 1 aromatic rings. The molecule has 2 aliphatic carbocycles. The average Bonchev–Trinajstić information content (AvgIpc) is 2.99. The van der Waals surface area contributed by atoms with Crippen LogP contribution in [0.2, 0.25) is 0 Å². The fraction of sp³-hybridized carbons (Fsp3) is 0.812. The highest BCUT2D eigenvalue weighted by atomic mass is 16.5. The second-order valence-electron chi connectivity index (χ2n) is 6.60. The van der Waals surface area contributed by atoms with Crippen LogP contribution < -0.4 is 0 Å². The van der Waals surface area contributed by atoms with Crippen molar-refractivity contribution >= 4 is 5.78 Å². The van der Waals surface area contributed by atoms with Crippen molar-refractivity contribution in [3.63, 3.8) is 0 Å². The van der Waals surface area contributed by atoms with Gasteiger partial charge in [-0.1, -0.05) is 18.5 Å². The Morgan fingerprint density at radius 1 is 1.24 bits per heavy atom. The number of ether oxygens (including phenoxy) is 1. The minimum absolute atomic E-state index is 0.198. The monoisotopic (exact) mass is 292 g/mol. The Bertz CT molecular complexity index is 503. The molecule has 0 saturated heterocycles. The number of carbonyl (C=O) groups is 1. The van der Waals surface area contributed by atoms with Crippen LogP contribution in [0.4, 0.5) is 0 Å². The van der Waals surface area contributed by atoms with Gasteiger partial charge in [-0.3, -0.25) is 4.79 Å². The van der Waals surface area contributed by atoms with Gasteiger partial charge in [-0.05, 0) is 44.4 Å². The zero-order valence-corrected chi connectivity index (χ0v) is 12.9. The molecule has 5 nitrogen and oxygen atoms in total. The molecule has 2 fully saturated rings. The molecule has 3 rings (SSSR count). The number of Topliss-reactive ketones (excluding diaryl/α,β-unsaturated/α-hetero) is 1. The van der Waals surface area contributed by atoms with E-state index in [-0.39, 0.29) is 11.7 Å². The lowest BCUT2D eigenvalue weighted by Gasteiger charge is -2.35. The zero-order chi connectivity index (χ0) is 14.9. The van der Waals surface area contributed by atoms with Crippen LogP contribution in [-0.4, -0.2) is 23.0 Å². The van der Waals surface area contributed by atoms with Crippen molar-refractivity contribution in [3.05, 3.63) is 11.7 Å². The predicted molar refractivity (Wildman–Crippen MR) is 76.8 cm³/mol. The summed E-state index contributed by atoms with van der Waals surface area (Å²) >= 11 is 0. The Kier molecular flexibility index (Phi) is 4.11. The number of hydrogen-bond acceptors (Lipinski definition) is 5. The summed E-state index contributed by atoms with van der Waals surface area (Å²) in [5, 5.41) is 4.15. The van der Waals surface area contributed by atoms with Gasteiger partial charge in [0.1, 0.15) is 11.4 Å². The lowest BCUT2D eigenvalue weighted by molar-refractivity contribution is -0.122. The summed E-state index contributed by atoms with van der Waals surface area (Å²) in [7, 11) is 1.72. The van der Waals surface area contributed by atoms with Gasteiger partial charge >= 0.3 is 0 Å².